The Balaban J connectivity index is 3.59. The van der Waals surface area contributed by atoms with Crippen LogP contribution < -0.4 is 5.32 Å². The Hall–Kier alpha value is -0.0900. The Bertz CT molecular complexity index is 278. The van der Waals surface area contributed by atoms with E-state index in [1.165, 1.54) is 0 Å². The number of nitrogens with one attached hydrogen (secondary N) is 1. The molecule has 0 spiro atoms. The molecule has 0 rings (SSSR count). The summed E-state index contributed by atoms with van der Waals surface area (Å²) in [6, 6.07) is 0. The van der Waals surface area contributed by atoms with Gasteiger partial charge in [-0.1, -0.05) is 19.8 Å². The van der Waals surface area contributed by atoms with Crippen molar-refractivity contribution in [3.05, 3.63) is 0 Å². The second-order valence-electron chi connectivity index (χ2n) is 5.74. The molecule has 0 aliphatic carbocycles. The Morgan fingerprint density at radius 2 is 1.47 bits per heavy atom. The normalized spacial score (nSPS) is 12.9. The van der Waals surface area contributed by atoms with Crippen molar-refractivity contribution in [1.29, 1.82) is 0 Å². The zero-order valence-electron chi connectivity index (χ0n) is 11.9. The second kappa shape index (κ2) is 8.09. The van der Waals surface area contributed by atoms with Crippen molar-refractivity contribution in [3.63, 3.8) is 0 Å². The molecule has 0 aromatic heterocycles. The summed E-state index contributed by atoms with van der Waals surface area (Å²) in [4.78, 5) is 0. The molecule has 0 saturated heterocycles. The fraction of sp³-hybridized carbons (Fsp3) is 1.00. The standard InChI is InChI=1S/C13H29NO2S/c1-5-6-8-11-17(15,16)12-9-7-10-14-13(2,3)4/h14H,5-12H2,1-4H3. The fourth-order valence-corrected chi connectivity index (χ4v) is 3.08. The minimum Gasteiger partial charge on any atom is -0.312 e. The molecular weight excluding hydrogens is 234 g/mol. The highest BCUT2D eigenvalue weighted by atomic mass is 32.2. The SMILES string of the molecule is CCCCCS(=O)(=O)CCCCNC(C)(C)C. The van der Waals surface area contributed by atoms with Crippen LogP contribution in [0.15, 0.2) is 0 Å². The van der Waals surface area contributed by atoms with Gasteiger partial charge in [0.1, 0.15) is 9.84 Å². The molecule has 4 heteroatoms. The van der Waals surface area contributed by atoms with Crippen molar-refractivity contribution < 1.29 is 8.42 Å². The highest BCUT2D eigenvalue weighted by molar-refractivity contribution is 7.91. The van der Waals surface area contributed by atoms with Gasteiger partial charge in [-0.15, -0.1) is 0 Å². The van der Waals surface area contributed by atoms with E-state index in [1.807, 2.05) is 0 Å². The summed E-state index contributed by atoms with van der Waals surface area (Å²) in [6.07, 6.45) is 4.62. The molecule has 0 bridgehead atoms. The van der Waals surface area contributed by atoms with Gasteiger partial charge in [-0.3, -0.25) is 0 Å². The first-order chi connectivity index (χ1) is 7.77. The van der Waals surface area contributed by atoms with Crippen molar-refractivity contribution in [1.82, 2.24) is 5.32 Å². The number of unbranched alkanes of at least 4 members (excludes halogenated alkanes) is 3. The smallest absolute Gasteiger partial charge is 0.150 e. The zero-order chi connectivity index (χ0) is 13.4. The van der Waals surface area contributed by atoms with Gasteiger partial charge in [0, 0.05) is 5.54 Å². The van der Waals surface area contributed by atoms with Crippen LogP contribution in [0.3, 0.4) is 0 Å². The van der Waals surface area contributed by atoms with Gasteiger partial charge in [0.25, 0.3) is 0 Å². The van der Waals surface area contributed by atoms with Crippen LogP contribution in [0.2, 0.25) is 0 Å². The molecule has 17 heavy (non-hydrogen) atoms. The largest absolute Gasteiger partial charge is 0.312 e. The van der Waals surface area contributed by atoms with E-state index in [1.54, 1.807) is 0 Å². The lowest BCUT2D eigenvalue weighted by Gasteiger charge is -2.20. The summed E-state index contributed by atoms with van der Waals surface area (Å²) in [5.41, 5.74) is 0.125. The summed E-state index contributed by atoms with van der Waals surface area (Å²) in [6.45, 7) is 9.34. The van der Waals surface area contributed by atoms with Crippen molar-refractivity contribution in [2.75, 3.05) is 18.1 Å². The molecule has 0 aromatic rings. The maximum absolute atomic E-state index is 11.6. The van der Waals surface area contributed by atoms with Crippen LogP contribution >= 0.6 is 0 Å². The molecule has 0 aliphatic rings. The fourth-order valence-electron chi connectivity index (χ4n) is 1.58. The molecule has 0 unspecified atom stereocenters. The number of hydrogen-bond donors (Lipinski definition) is 1. The van der Waals surface area contributed by atoms with Gasteiger partial charge in [0.2, 0.25) is 0 Å². The predicted molar refractivity (Wildman–Crippen MR) is 75.2 cm³/mol. The molecule has 0 radical (unpaired) electrons. The summed E-state index contributed by atoms with van der Waals surface area (Å²) < 4.78 is 23.3. The van der Waals surface area contributed by atoms with Gasteiger partial charge < -0.3 is 5.32 Å². The Kier molecular flexibility index (Phi) is 8.05. The summed E-state index contributed by atoms with van der Waals surface area (Å²) >= 11 is 0. The van der Waals surface area contributed by atoms with E-state index in [-0.39, 0.29) is 5.54 Å². The molecule has 104 valence electrons. The van der Waals surface area contributed by atoms with Crippen LogP contribution in [0, 0.1) is 0 Å². The molecule has 0 aromatic carbocycles. The lowest BCUT2D eigenvalue weighted by atomic mass is 10.1. The average molecular weight is 263 g/mol. The van der Waals surface area contributed by atoms with Crippen LogP contribution in [0.5, 0.6) is 0 Å². The molecule has 0 fully saturated rings. The van der Waals surface area contributed by atoms with Gasteiger partial charge in [-0.05, 0) is 46.6 Å². The maximum Gasteiger partial charge on any atom is 0.150 e. The van der Waals surface area contributed by atoms with E-state index < -0.39 is 9.84 Å². The van der Waals surface area contributed by atoms with E-state index in [9.17, 15) is 8.42 Å². The lowest BCUT2D eigenvalue weighted by Crippen LogP contribution is -2.36. The zero-order valence-corrected chi connectivity index (χ0v) is 12.7. The van der Waals surface area contributed by atoms with Gasteiger partial charge in [-0.2, -0.15) is 0 Å². The molecule has 0 atom stereocenters. The predicted octanol–water partition coefficient (Wildman–Crippen LogP) is 2.76. The van der Waals surface area contributed by atoms with Crippen LogP contribution in [0.4, 0.5) is 0 Å². The minimum absolute atomic E-state index is 0.125. The molecule has 1 N–H and O–H groups in total. The molecule has 0 aliphatic heterocycles. The number of sulfone groups is 1. The molecular formula is C13H29NO2S. The van der Waals surface area contributed by atoms with Crippen LogP contribution in [0.1, 0.15) is 59.8 Å². The van der Waals surface area contributed by atoms with E-state index in [0.717, 1.165) is 38.6 Å². The third kappa shape index (κ3) is 12.2. The maximum atomic E-state index is 11.6. The minimum atomic E-state index is -2.80. The van der Waals surface area contributed by atoms with Crippen molar-refractivity contribution in [3.8, 4) is 0 Å². The third-order valence-electron chi connectivity index (χ3n) is 2.60. The molecule has 3 nitrogen and oxygen atoms in total. The van der Waals surface area contributed by atoms with Gasteiger partial charge in [0.05, 0.1) is 11.5 Å². The molecule has 0 amide bonds. The summed E-state index contributed by atoms with van der Waals surface area (Å²) in [5.74, 6) is 0.718. The highest BCUT2D eigenvalue weighted by Crippen LogP contribution is 2.04. The first kappa shape index (κ1) is 16.9. The van der Waals surface area contributed by atoms with Crippen LogP contribution in [-0.4, -0.2) is 32.0 Å². The summed E-state index contributed by atoms with van der Waals surface area (Å²) in [7, 11) is -2.80. The first-order valence-electron chi connectivity index (χ1n) is 6.72. The van der Waals surface area contributed by atoms with Gasteiger partial charge in [0.15, 0.2) is 0 Å². The molecule has 0 saturated carbocycles. The Labute approximate surface area is 107 Å². The second-order valence-corrected chi connectivity index (χ2v) is 8.05. The van der Waals surface area contributed by atoms with Gasteiger partial charge >= 0.3 is 0 Å². The van der Waals surface area contributed by atoms with Crippen molar-refractivity contribution in [2.45, 2.75) is 65.3 Å². The Morgan fingerprint density at radius 3 is 1.94 bits per heavy atom. The lowest BCUT2D eigenvalue weighted by molar-refractivity contribution is 0.421. The van der Waals surface area contributed by atoms with Crippen molar-refractivity contribution >= 4 is 9.84 Å². The average Bonchev–Trinajstić information content (AvgIpc) is 2.15. The van der Waals surface area contributed by atoms with E-state index in [0.29, 0.717) is 11.5 Å². The third-order valence-corrected chi connectivity index (χ3v) is 4.42. The van der Waals surface area contributed by atoms with E-state index in [2.05, 4.69) is 33.0 Å². The molecule has 0 heterocycles. The van der Waals surface area contributed by atoms with Gasteiger partial charge in [-0.25, -0.2) is 8.42 Å². The van der Waals surface area contributed by atoms with Crippen LogP contribution in [-0.2, 0) is 9.84 Å². The highest BCUT2D eigenvalue weighted by Gasteiger charge is 2.11. The number of rotatable bonds is 9. The monoisotopic (exact) mass is 263 g/mol. The quantitative estimate of drug-likeness (QED) is 0.651. The van der Waals surface area contributed by atoms with E-state index in [4.69, 9.17) is 0 Å². The Morgan fingerprint density at radius 1 is 0.941 bits per heavy atom. The summed E-state index contributed by atoms with van der Waals surface area (Å²) in [5, 5.41) is 3.37. The van der Waals surface area contributed by atoms with Crippen molar-refractivity contribution in [2.24, 2.45) is 0 Å². The topological polar surface area (TPSA) is 46.2 Å². The van der Waals surface area contributed by atoms with Crippen LogP contribution in [0.25, 0.3) is 0 Å². The van der Waals surface area contributed by atoms with E-state index >= 15 is 0 Å². The number of hydrogen-bond acceptors (Lipinski definition) is 3. The first-order valence-corrected chi connectivity index (χ1v) is 8.54.